The van der Waals surface area contributed by atoms with Crippen molar-refractivity contribution in [3.05, 3.63) is 47.5 Å². The fraction of sp³-hybridized carbons (Fsp3) is 0.250. The summed E-state index contributed by atoms with van der Waals surface area (Å²) in [6.45, 7) is 2.48. The number of ether oxygens (including phenoxy) is 1. The smallest absolute Gasteiger partial charge is 0.261 e. The number of imide groups is 1. The zero-order valence-electron chi connectivity index (χ0n) is 11.0. The van der Waals surface area contributed by atoms with Crippen LogP contribution < -0.4 is 0 Å². The summed E-state index contributed by atoms with van der Waals surface area (Å²) >= 11 is 0. The van der Waals surface area contributed by atoms with Crippen molar-refractivity contribution in [2.75, 3.05) is 6.61 Å². The first-order valence-corrected chi connectivity index (χ1v) is 6.70. The maximum absolute atomic E-state index is 12.6. The topological polar surface area (TPSA) is 49.9 Å². The van der Waals surface area contributed by atoms with Crippen LogP contribution >= 0.6 is 0 Å². The lowest BCUT2D eigenvalue weighted by molar-refractivity contribution is 0.0526. The van der Waals surface area contributed by atoms with Gasteiger partial charge in [-0.25, -0.2) is 0 Å². The molecule has 0 aromatic heterocycles. The Morgan fingerprint density at radius 1 is 1.10 bits per heavy atom. The molecule has 100 valence electrons. The van der Waals surface area contributed by atoms with Gasteiger partial charge >= 0.3 is 0 Å². The zero-order valence-corrected chi connectivity index (χ0v) is 11.0. The van der Waals surface area contributed by atoms with Gasteiger partial charge in [0.05, 0.1) is 12.6 Å². The number of carbonyl (C=O) groups is 2. The van der Waals surface area contributed by atoms with Crippen molar-refractivity contribution in [3.8, 4) is 0 Å². The minimum Gasteiger partial charge on any atom is -0.371 e. The summed E-state index contributed by atoms with van der Waals surface area (Å²) in [5.74, 6) is -0.440. The largest absolute Gasteiger partial charge is 0.371 e. The molecule has 0 radical (unpaired) electrons. The SMILES string of the molecule is CC(C1CO1)N1C(=O)c2cccc3cccc(c23)C1=O. The third-order valence-electron chi connectivity index (χ3n) is 4.11. The Morgan fingerprint density at radius 2 is 1.65 bits per heavy atom. The van der Waals surface area contributed by atoms with E-state index >= 15 is 0 Å². The Bertz CT molecular complexity index is 698. The summed E-state index contributed by atoms with van der Waals surface area (Å²) in [4.78, 5) is 26.6. The lowest BCUT2D eigenvalue weighted by atomic mass is 9.93. The fourth-order valence-corrected chi connectivity index (χ4v) is 2.92. The first kappa shape index (κ1) is 11.6. The maximum atomic E-state index is 12.6. The van der Waals surface area contributed by atoms with E-state index in [1.54, 1.807) is 12.1 Å². The Balaban J connectivity index is 1.95. The fourth-order valence-electron chi connectivity index (χ4n) is 2.92. The molecule has 0 N–H and O–H groups in total. The average Bonchev–Trinajstić information content (AvgIpc) is 3.29. The highest BCUT2D eigenvalue weighted by atomic mass is 16.6. The number of epoxide rings is 1. The van der Waals surface area contributed by atoms with Gasteiger partial charge in [0.2, 0.25) is 0 Å². The van der Waals surface area contributed by atoms with Crippen molar-refractivity contribution >= 4 is 22.6 Å². The van der Waals surface area contributed by atoms with Gasteiger partial charge in [-0.05, 0) is 24.4 Å². The van der Waals surface area contributed by atoms with Gasteiger partial charge in [0.1, 0.15) is 6.10 Å². The molecule has 2 atom stereocenters. The van der Waals surface area contributed by atoms with Crippen LogP contribution in [-0.4, -0.2) is 35.5 Å². The van der Waals surface area contributed by atoms with Gasteiger partial charge in [-0.2, -0.15) is 0 Å². The number of rotatable bonds is 2. The second-order valence-corrected chi connectivity index (χ2v) is 5.30. The van der Waals surface area contributed by atoms with Crippen LogP contribution in [0.2, 0.25) is 0 Å². The van der Waals surface area contributed by atoms with Gasteiger partial charge in [-0.15, -0.1) is 0 Å². The molecule has 0 aliphatic carbocycles. The van der Waals surface area contributed by atoms with E-state index in [4.69, 9.17) is 4.74 Å². The summed E-state index contributed by atoms with van der Waals surface area (Å²) < 4.78 is 5.24. The second-order valence-electron chi connectivity index (χ2n) is 5.30. The first-order chi connectivity index (χ1) is 9.68. The molecule has 2 aromatic rings. The molecule has 2 amide bonds. The second kappa shape index (κ2) is 3.90. The van der Waals surface area contributed by atoms with Crippen LogP contribution in [0.3, 0.4) is 0 Å². The summed E-state index contributed by atoms with van der Waals surface area (Å²) in [5, 5.41) is 1.70. The van der Waals surface area contributed by atoms with Crippen LogP contribution in [0.15, 0.2) is 36.4 Å². The van der Waals surface area contributed by atoms with Crippen LogP contribution in [-0.2, 0) is 4.74 Å². The molecule has 4 nitrogen and oxygen atoms in total. The van der Waals surface area contributed by atoms with E-state index in [1.807, 2.05) is 31.2 Å². The van der Waals surface area contributed by atoms with Gasteiger partial charge < -0.3 is 4.74 Å². The van der Waals surface area contributed by atoms with Crippen molar-refractivity contribution in [2.45, 2.75) is 19.1 Å². The van der Waals surface area contributed by atoms with Crippen molar-refractivity contribution < 1.29 is 14.3 Å². The number of hydrogen-bond donors (Lipinski definition) is 0. The normalized spacial score (nSPS) is 22.2. The van der Waals surface area contributed by atoms with Crippen LogP contribution in [0.25, 0.3) is 10.8 Å². The quantitative estimate of drug-likeness (QED) is 0.619. The molecule has 0 spiro atoms. The molecule has 2 aromatic carbocycles. The predicted octanol–water partition coefficient (Wildman–Crippen LogP) is 2.22. The van der Waals surface area contributed by atoms with Crippen LogP contribution in [0.1, 0.15) is 27.6 Å². The van der Waals surface area contributed by atoms with E-state index in [0.29, 0.717) is 17.7 Å². The van der Waals surface area contributed by atoms with Gasteiger partial charge in [0, 0.05) is 16.5 Å². The van der Waals surface area contributed by atoms with E-state index in [0.717, 1.165) is 10.8 Å². The molecule has 4 rings (SSSR count). The molecular weight excluding hydrogens is 254 g/mol. The Morgan fingerprint density at radius 3 is 2.15 bits per heavy atom. The van der Waals surface area contributed by atoms with Crippen LogP contribution in [0.4, 0.5) is 0 Å². The third-order valence-corrected chi connectivity index (χ3v) is 4.11. The highest BCUT2D eigenvalue weighted by Gasteiger charge is 2.42. The van der Waals surface area contributed by atoms with Crippen LogP contribution in [0, 0.1) is 0 Å². The molecular formula is C16H13NO3. The first-order valence-electron chi connectivity index (χ1n) is 6.70. The average molecular weight is 267 g/mol. The molecule has 0 saturated carbocycles. The molecule has 1 fully saturated rings. The van der Waals surface area contributed by atoms with Crippen molar-refractivity contribution in [1.29, 1.82) is 0 Å². The zero-order chi connectivity index (χ0) is 13.9. The number of hydrogen-bond acceptors (Lipinski definition) is 3. The van der Waals surface area contributed by atoms with Crippen molar-refractivity contribution in [1.82, 2.24) is 4.90 Å². The summed E-state index contributed by atoms with van der Waals surface area (Å²) in [5.41, 5.74) is 1.20. The highest BCUT2D eigenvalue weighted by molar-refractivity contribution is 6.25. The summed E-state index contributed by atoms with van der Waals surface area (Å²) in [6.07, 6.45) is -0.0210. The van der Waals surface area contributed by atoms with E-state index in [-0.39, 0.29) is 24.0 Å². The standard InChI is InChI=1S/C16H13NO3/c1-9(13-8-20-13)17-15(18)11-6-2-4-10-5-3-7-12(14(10)11)16(17)19/h2-7,9,13H,8H2,1H3. The molecule has 2 aliphatic heterocycles. The van der Waals surface area contributed by atoms with Crippen molar-refractivity contribution in [3.63, 3.8) is 0 Å². The van der Waals surface area contributed by atoms with E-state index in [2.05, 4.69) is 0 Å². The monoisotopic (exact) mass is 267 g/mol. The van der Waals surface area contributed by atoms with Crippen molar-refractivity contribution in [2.24, 2.45) is 0 Å². The maximum Gasteiger partial charge on any atom is 0.261 e. The third kappa shape index (κ3) is 1.45. The molecule has 0 bridgehead atoms. The number of amides is 2. The number of benzene rings is 2. The molecule has 1 saturated heterocycles. The van der Waals surface area contributed by atoms with E-state index in [1.165, 1.54) is 4.90 Å². The molecule has 4 heteroatoms. The molecule has 2 aliphatic rings. The highest BCUT2D eigenvalue weighted by Crippen LogP contribution is 2.32. The molecule has 20 heavy (non-hydrogen) atoms. The minimum absolute atomic E-state index is 0.0210. The lowest BCUT2D eigenvalue weighted by Crippen LogP contribution is -2.48. The molecule has 2 unspecified atom stereocenters. The van der Waals surface area contributed by atoms with Gasteiger partial charge in [0.15, 0.2) is 0 Å². The van der Waals surface area contributed by atoms with Crippen LogP contribution in [0.5, 0.6) is 0 Å². The minimum atomic E-state index is -0.224. The Kier molecular flexibility index (Phi) is 2.26. The Hall–Kier alpha value is -2.20. The summed E-state index contributed by atoms with van der Waals surface area (Å²) in [7, 11) is 0. The molecule has 2 heterocycles. The van der Waals surface area contributed by atoms with E-state index in [9.17, 15) is 9.59 Å². The van der Waals surface area contributed by atoms with Gasteiger partial charge in [-0.3, -0.25) is 14.5 Å². The summed E-state index contributed by atoms with van der Waals surface area (Å²) in [6, 6.07) is 10.9. The Labute approximate surface area is 115 Å². The van der Waals surface area contributed by atoms with Gasteiger partial charge in [0.25, 0.3) is 11.8 Å². The number of nitrogens with zero attached hydrogens (tertiary/aromatic N) is 1. The lowest BCUT2D eigenvalue weighted by Gasteiger charge is -2.31. The van der Waals surface area contributed by atoms with E-state index < -0.39 is 0 Å². The predicted molar refractivity (Wildman–Crippen MR) is 73.7 cm³/mol. The number of carbonyl (C=O) groups excluding carboxylic acids is 2. The van der Waals surface area contributed by atoms with Gasteiger partial charge in [-0.1, -0.05) is 24.3 Å².